The molecule has 0 fully saturated rings. The Morgan fingerprint density at radius 2 is 1.61 bits per heavy atom. The number of fused-ring (bicyclic) bond motifs is 2. The molecule has 0 saturated heterocycles. The Labute approximate surface area is 209 Å². The second kappa shape index (κ2) is 10.1. The number of amides is 1. The van der Waals surface area contributed by atoms with E-state index >= 15 is 0 Å². The largest absolute Gasteiger partial charge is 0.383 e. The number of ether oxygens (including phenoxy) is 1. The third-order valence-electron chi connectivity index (χ3n) is 6.45. The minimum absolute atomic E-state index is 0.146. The molecule has 0 N–H and O–H groups in total. The summed E-state index contributed by atoms with van der Waals surface area (Å²) in [5.41, 5.74) is 1.71. The van der Waals surface area contributed by atoms with Gasteiger partial charge < -0.3 is 9.64 Å². The number of carbonyl (C=O) groups excluding carboxylic acids is 1. The fourth-order valence-corrected chi connectivity index (χ4v) is 4.54. The number of para-hydroxylation sites is 2. The predicted octanol–water partition coefficient (Wildman–Crippen LogP) is 5.39. The molecule has 1 unspecified atom stereocenters. The second-order valence-electron chi connectivity index (χ2n) is 8.69. The van der Waals surface area contributed by atoms with Crippen LogP contribution in [0.5, 0.6) is 0 Å². The van der Waals surface area contributed by atoms with Gasteiger partial charge in [0.2, 0.25) is 0 Å². The van der Waals surface area contributed by atoms with Crippen LogP contribution < -0.4 is 5.56 Å². The van der Waals surface area contributed by atoms with E-state index in [-0.39, 0.29) is 11.5 Å². The normalized spacial score (nSPS) is 12.1. The van der Waals surface area contributed by atoms with Crippen molar-refractivity contribution in [2.45, 2.75) is 13.0 Å². The van der Waals surface area contributed by atoms with Crippen LogP contribution in [0.3, 0.4) is 0 Å². The highest BCUT2D eigenvalue weighted by molar-refractivity contribution is 5.98. The number of rotatable bonds is 7. The van der Waals surface area contributed by atoms with Gasteiger partial charge in [0, 0.05) is 19.2 Å². The molecule has 1 aromatic heterocycles. The SMILES string of the molecule is COCCN(C(=O)c1ccc2ccccc2c1)C(C)c1nc2ccccc2c(=O)n1-c1ccccc1. The van der Waals surface area contributed by atoms with Crippen LogP contribution in [0.25, 0.3) is 27.4 Å². The molecule has 36 heavy (non-hydrogen) atoms. The summed E-state index contributed by atoms with van der Waals surface area (Å²) in [6.45, 7) is 2.61. The molecule has 0 radical (unpaired) electrons. The number of nitrogens with zero attached hydrogens (tertiary/aromatic N) is 3. The Morgan fingerprint density at radius 3 is 2.39 bits per heavy atom. The predicted molar refractivity (Wildman–Crippen MR) is 143 cm³/mol. The van der Waals surface area contributed by atoms with E-state index in [1.54, 1.807) is 22.6 Å². The Hall–Kier alpha value is -4.29. The molecule has 1 atom stereocenters. The van der Waals surface area contributed by atoms with Crippen molar-refractivity contribution in [1.82, 2.24) is 14.5 Å². The molecule has 1 amide bonds. The van der Waals surface area contributed by atoms with Gasteiger partial charge in [0.05, 0.1) is 29.2 Å². The summed E-state index contributed by atoms with van der Waals surface area (Å²) >= 11 is 0. The van der Waals surface area contributed by atoms with Crippen molar-refractivity contribution >= 4 is 27.6 Å². The molecular formula is C30H27N3O3. The van der Waals surface area contributed by atoms with Gasteiger partial charge in [-0.2, -0.15) is 0 Å². The average Bonchev–Trinajstić information content (AvgIpc) is 2.93. The summed E-state index contributed by atoms with van der Waals surface area (Å²) in [6, 6.07) is 29.9. The first-order valence-corrected chi connectivity index (χ1v) is 11.9. The molecule has 0 saturated carbocycles. The molecule has 180 valence electrons. The number of aromatic nitrogens is 2. The Balaban J connectivity index is 1.65. The van der Waals surface area contributed by atoms with Crippen LogP contribution in [0.15, 0.2) is 102 Å². The van der Waals surface area contributed by atoms with Gasteiger partial charge >= 0.3 is 0 Å². The standard InChI is InChI=1S/C30H27N3O3/c1-21(32(18-19-36-2)29(34)24-17-16-22-10-6-7-11-23(22)20-24)28-31-27-15-9-8-14-26(27)30(35)33(28)25-12-4-3-5-13-25/h3-17,20-21H,18-19H2,1-2H3. The van der Waals surface area contributed by atoms with Crippen molar-refractivity contribution in [2.75, 3.05) is 20.3 Å². The maximum atomic E-state index is 13.9. The summed E-state index contributed by atoms with van der Waals surface area (Å²) < 4.78 is 6.95. The first kappa shape index (κ1) is 23.5. The first-order valence-electron chi connectivity index (χ1n) is 11.9. The van der Waals surface area contributed by atoms with Crippen LogP contribution in [0.1, 0.15) is 29.1 Å². The van der Waals surface area contributed by atoms with E-state index in [1.165, 1.54) is 0 Å². The summed E-state index contributed by atoms with van der Waals surface area (Å²) in [7, 11) is 1.61. The second-order valence-corrected chi connectivity index (χ2v) is 8.69. The number of hydrogen-bond donors (Lipinski definition) is 0. The van der Waals surface area contributed by atoms with Crippen molar-refractivity contribution in [3.8, 4) is 5.69 Å². The highest BCUT2D eigenvalue weighted by atomic mass is 16.5. The van der Waals surface area contributed by atoms with E-state index in [2.05, 4.69) is 0 Å². The zero-order valence-corrected chi connectivity index (χ0v) is 20.3. The van der Waals surface area contributed by atoms with Gasteiger partial charge in [-0.25, -0.2) is 4.98 Å². The molecule has 5 rings (SSSR count). The van der Waals surface area contributed by atoms with E-state index in [1.807, 2.05) is 97.9 Å². The minimum Gasteiger partial charge on any atom is -0.383 e. The van der Waals surface area contributed by atoms with Crippen LogP contribution in [0.2, 0.25) is 0 Å². The smallest absolute Gasteiger partial charge is 0.266 e. The quantitative estimate of drug-likeness (QED) is 0.315. The summed E-state index contributed by atoms with van der Waals surface area (Å²) in [6.07, 6.45) is 0. The molecule has 6 heteroatoms. The van der Waals surface area contributed by atoms with Crippen LogP contribution in [-0.2, 0) is 4.74 Å². The van der Waals surface area contributed by atoms with E-state index in [0.29, 0.717) is 41.1 Å². The highest BCUT2D eigenvalue weighted by Crippen LogP contribution is 2.25. The van der Waals surface area contributed by atoms with Gasteiger partial charge in [0.1, 0.15) is 5.82 Å². The Kier molecular flexibility index (Phi) is 6.60. The molecule has 0 bridgehead atoms. The molecule has 1 heterocycles. The molecule has 0 aliphatic carbocycles. The summed E-state index contributed by atoms with van der Waals surface area (Å²) in [5.74, 6) is 0.350. The number of carbonyl (C=O) groups is 1. The lowest BCUT2D eigenvalue weighted by atomic mass is 10.1. The molecular weight excluding hydrogens is 450 g/mol. The van der Waals surface area contributed by atoms with E-state index in [0.717, 1.165) is 10.8 Å². The summed E-state index contributed by atoms with van der Waals surface area (Å²) in [5, 5.41) is 2.59. The topological polar surface area (TPSA) is 64.4 Å². The van der Waals surface area contributed by atoms with Crippen molar-refractivity contribution in [1.29, 1.82) is 0 Å². The lowest BCUT2D eigenvalue weighted by Crippen LogP contribution is -2.39. The third kappa shape index (κ3) is 4.39. The number of benzene rings is 4. The van der Waals surface area contributed by atoms with E-state index < -0.39 is 6.04 Å². The van der Waals surface area contributed by atoms with Crippen molar-refractivity contribution in [3.63, 3.8) is 0 Å². The maximum Gasteiger partial charge on any atom is 0.266 e. The van der Waals surface area contributed by atoms with Gasteiger partial charge in [-0.1, -0.05) is 60.7 Å². The van der Waals surface area contributed by atoms with Gasteiger partial charge in [-0.15, -0.1) is 0 Å². The van der Waals surface area contributed by atoms with E-state index in [9.17, 15) is 9.59 Å². The Morgan fingerprint density at radius 1 is 0.917 bits per heavy atom. The van der Waals surface area contributed by atoms with Gasteiger partial charge in [0.25, 0.3) is 11.5 Å². The fourth-order valence-electron chi connectivity index (χ4n) is 4.54. The van der Waals surface area contributed by atoms with Crippen molar-refractivity contribution < 1.29 is 9.53 Å². The van der Waals surface area contributed by atoms with Crippen LogP contribution in [0, 0.1) is 0 Å². The molecule has 0 spiro atoms. The van der Waals surface area contributed by atoms with Crippen molar-refractivity contribution in [2.24, 2.45) is 0 Å². The van der Waals surface area contributed by atoms with Crippen LogP contribution in [0.4, 0.5) is 0 Å². The maximum absolute atomic E-state index is 13.9. The third-order valence-corrected chi connectivity index (χ3v) is 6.45. The van der Waals surface area contributed by atoms with Gasteiger partial charge in [-0.3, -0.25) is 14.2 Å². The van der Waals surface area contributed by atoms with Gasteiger partial charge in [0.15, 0.2) is 0 Å². The molecule has 5 aromatic rings. The monoisotopic (exact) mass is 477 g/mol. The number of hydrogen-bond acceptors (Lipinski definition) is 4. The molecule has 0 aliphatic heterocycles. The zero-order valence-electron chi connectivity index (χ0n) is 20.3. The molecule has 0 aliphatic rings. The summed E-state index contributed by atoms with van der Waals surface area (Å²) in [4.78, 5) is 34.2. The van der Waals surface area contributed by atoms with Crippen molar-refractivity contribution in [3.05, 3.63) is 119 Å². The minimum atomic E-state index is -0.503. The molecule has 6 nitrogen and oxygen atoms in total. The number of methoxy groups -OCH3 is 1. The first-order chi connectivity index (χ1) is 17.6. The lowest BCUT2D eigenvalue weighted by molar-refractivity contribution is 0.0605. The van der Waals surface area contributed by atoms with E-state index in [4.69, 9.17) is 9.72 Å². The molecule has 4 aromatic carbocycles. The fraction of sp³-hybridized carbons (Fsp3) is 0.167. The van der Waals surface area contributed by atoms with Gasteiger partial charge in [-0.05, 0) is 54.1 Å². The lowest BCUT2D eigenvalue weighted by Gasteiger charge is -2.30. The Bertz CT molecular complexity index is 1590. The average molecular weight is 478 g/mol. The van der Waals surface area contributed by atoms with Crippen LogP contribution >= 0.6 is 0 Å². The van der Waals surface area contributed by atoms with Crippen LogP contribution in [-0.4, -0.2) is 40.6 Å². The highest BCUT2D eigenvalue weighted by Gasteiger charge is 2.27. The zero-order chi connectivity index (χ0) is 25.1.